The van der Waals surface area contributed by atoms with Crippen LogP contribution in [0.2, 0.25) is 0 Å². The molecule has 0 spiro atoms. The zero-order valence-electron chi connectivity index (χ0n) is 11.0. The lowest BCUT2D eigenvalue weighted by Crippen LogP contribution is -2.20. The maximum Gasteiger partial charge on any atom is 0.333 e. The normalized spacial score (nSPS) is 11.5. The molecule has 0 amide bonds. The van der Waals surface area contributed by atoms with Gasteiger partial charge in [0.15, 0.2) is 0 Å². The molecular formula is C12H18O6S. The van der Waals surface area contributed by atoms with E-state index in [1.54, 1.807) is 6.92 Å². The highest BCUT2D eigenvalue weighted by Gasteiger charge is 2.15. The molecule has 0 bridgehead atoms. The number of hydrogen-bond donors (Lipinski definition) is 1. The van der Waals surface area contributed by atoms with Crippen LogP contribution >= 0.6 is 11.8 Å². The van der Waals surface area contributed by atoms with Gasteiger partial charge in [0.25, 0.3) is 0 Å². The Morgan fingerprint density at radius 1 is 1.26 bits per heavy atom. The van der Waals surface area contributed by atoms with E-state index in [1.807, 2.05) is 0 Å². The Hall–Kier alpha value is -1.50. The van der Waals surface area contributed by atoms with Crippen molar-refractivity contribution in [3.63, 3.8) is 0 Å². The number of ether oxygens (including phenoxy) is 2. The molecule has 0 aromatic carbocycles. The Balaban J connectivity index is 3.70. The van der Waals surface area contributed by atoms with Gasteiger partial charge in [0.2, 0.25) is 0 Å². The van der Waals surface area contributed by atoms with Gasteiger partial charge >= 0.3 is 17.9 Å². The van der Waals surface area contributed by atoms with Crippen LogP contribution in [0.3, 0.4) is 0 Å². The van der Waals surface area contributed by atoms with Gasteiger partial charge in [-0.15, -0.1) is 11.8 Å². The van der Waals surface area contributed by atoms with Crippen molar-refractivity contribution < 1.29 is 29.0 Å². The lowest BCUT2D eigenvalue weighted by molar-refractivity contribution is -0.152. The topological polar surface area (TPSA) is 89.9 Å². The van der Waals surface area contributed by atoms with Crippen LogP contribution in [0.15, 0.2) is 12.2 Å². The fourth-order valence-corrected chi connectivity index (χ4v) is 1.72. The molecule has 1 unspecified atom stereocenters. The average Bonchev–Trinajstić information content (AvgIpc) is 2.33. The lowest BCUT2D eigenvalue weighted by Gasteiger charge is -2.10. The van der Waals surface area contributed by atoms with Gasteiger partial charge in [-0.25, -0.2) is 4.79 Å². The van der Waals surface area contributed by atoms with Crippen LogP contribution in [-0.2, 0) is 23.9 Å². The van der Waals surface area contributed by atoms with Gasteiger partial charge in [-0.1, -0.05) is 13.5 Å². The van der Waals surface area contributed by atoms with E-state index in [4.69, 9.17) is 14.6 Å². The van der Waals surface area contributed by atoms with Crippen LogP contribution in [0, 0.1) is 5.92 Å². The Bertz CT molecular complexity index is 352. The van der Waals surface area contributed by atoms with Gasteiger partial charge in [0, 0.05) is 11.3 Å². The first kappa shape index (κ1) is 17.5. The largest absolute Gasteiger partial charge is 0.481 e. The second-order valence-electron chi connectivity index (χ2n) is 3.89. The number of carboxylic acids is 1. The van der Waals surface area contributed by atoms with Gasteiger partial charge in [0.05, 0.1) is 11.7 Å². The number of aliphatic carboxylic acids is 1. The highest BCUT2D eigenvalue weighted by Crippen LogP contribution is 2.09. The summed E-state index contributed by atoms with van der Waals surface area (Å²) in [6.45, 7) is 6.54. The molecule has 0 aliphatic heterocycles. The molecule has 0 radical (unpaired) electrons. The molecule has 108 valence electrons. The molecule has 1 N–H and O–H groups in total. The fourth-order valence-electron chi connectivity index (χ4n) is 0.933. The second-order valence-corrected chi connectivity index (χ2v) is 4.92. The molecular weight excluding hydrogens is 272 g/mol. The Morgan fingerprint density at radius 3 is 2.37 bits per heavy atom. The van der Waals surface area contributed by atoms with Crippen LogP contribution in [0.25, 0.3) is 0 Å². The van der Waals surface area contributed by atoms with E-state index in [2.05, 4.69) is 6.58 Å². The molecule has 0 aromatic heterocycles. The Labute approximate surface area is 116 Å². The molecule has 0 fully saturated rings. The Kier molecular flexibility index (Phi) is 8.69. The number of hydrogen-bond acceptors (Lipinski definition) is 6. The molecule has 1 atom stereocenters. The summed E-state index contributed by atoms with van der Waals surface area (Å²) in [5, 5.41) is 8.44. The van der Waals surface area contributed by atoms with Gasteiger partial charge in [-0.2, -0.15) is 0 Å². The SMILES string of the molecule is C=C(C)C(=O)OCCOC(=O)C(C)CSCC(=O)O. The molecule has 0 rings (SSSR count). The van der Waals surface area contributed by atoms with Crippen LogP contribution in [0.5, 0.6) is 0 Å². The summed E-state index contributed by atoms with van der Waals surface area (Å²) in [6, 6.07) is 0. The number of rotatable bonds is 9. The molecule has 0 aliphatic carbocycles. The number of carboxylic acid groups (broad SMARTS) is 1. The summed E-state index contributed by atoms with van der Waals surface area (Å²) >= 11 is 1.15. The molecule has 19 heavy (non-hydrogen) atoms. The molecule has 7 heteroatoms. The summed E-state index contributed by atoms with van der Waals surface area (Å²) in [5.74, 6) is -1.96. The zero-order valence-corrected chi connectivity index (χ0v) is 11.8. The van der Waals surface area contributed by atoms with Crippen LogP contribution in [0.1, 0.15) is 13.8 Å². The standard InChI is InChI=1S/C12H18O6S/c1-8(2)11(15)17-4-5-18-12(16)9(3)6-19-7-10(13)14/h9H,1,4-7H2,2-3H3,(H,13,14). The minimum Gasteiger partial charge on any atom is -0.481 e. The van der Waals surface area contributed by atoms with Crippen LogP contribution < -0.4 is 0 Å². The molecule has 0 saturated heterocycles. The van der Waals surface area contributed by atoms with Crippen LogP contribution in [-0.4, -0.2) is 47.7 Å². The molecule has 0 aliphatic rings. The summed E-state index contributed by atoms with van der Waals surface area (Å²) in [5.41, 5.74) is 0.282. The minimum absolute atomic E-state index is 0.0214. The molecule has 0 saturated carbocycles. The molecule has 0 aromatic rings. The maximum absolute atomic E-state index is 11.5. The van der Waals surface area contributed by atoms with Crippen molar-refractivity contribution in [3.05, 3.63) is 12.2 Å². The van der Waals surface area contributed by atoms with E-state index < -0.39 is 23.8 Å². The number of carbonyl (C=O) groups excluding carboxylic acids is 2. The maximum atomic E-state index is 11.5. The third-order valence-corrected chi connectivity index (χ3v) is 3.09. The molecule has 0 heterocycles. The minimum atomic E-state index is -0.919. The first-order valence-electron chi connectivity index (χ1n) is 5.63. The molecule has 6 nitrogen and oxygen atoms in total. The lowest BCUT2D eigenvalue weighted by atomic mass is 10.2. The monoisotopic (exact) mass is 290 g/mol. The van der Waals surface area contributed by atoms with E-state index >= 15 is 0 Å². The predicted molar refractivity (Wildman–Crippen MR) is 70.9 cm³/mol. The quantitative estimate of drug-likeness (QED) is 0.386. The van der Waals surface area contributed by atoms with Crippen molar-refractivity contribution in [2.45, 2.75) is 13.8 Å². The van der Waals surface area contributed by atoms with Crippen molar-refractivity contribution in [3.8, 4) is 0 Å². The van der Waals surface area contributed by atoms with Crippen molar-refractivity contribution in [1.29, 1.82) is 0 Å². The summed E-state index contributed by atoms with van der Waals surface area (Å²) in [7, 11) is 0. The third kappa shape index (κ3) is 9.12. The van der Waals surface area contributed by atoms with Crippen molar-refractivity contribution >= 4 is 29.7 Å². The average molecular weight is 290 g/mol. The van der Waals surface area contributed by atoms with Gasteiger partial charge < -0.3 is 14.6 Å². The predicted octanol–water partition coefficient (Wildman–Crippen LogP) is 1.10. The van der Waals surface area contributed by atoms with Crippen molar-refractivity contribution in [2.24, 2.45) is 5.92 Å². The Morgan fingerprint density at radius 2 is 1.84 bits per heavy atom. The third-order valence-electron chi connectivity index (χ3n) is 1.91. The first-order chi connectivity index (χ1) is 8.84. The van der Waals surface area contributed by atoms with E-state index in [0.29, 0.717) is 5.75 Å². The van der Waals surface area contributed by atoms with Gasteiger partial charge in [-0.05, 0) is 6.92 Å². The van der Waals surface area contributed by atoms with E-state index in [1.165, 1.54) is 6.92 Å². The highest BCUT2D eigenvalue weighted by molar-refractivity contribution is 7.99. The summed E-state index contributed by atoms with van der Waals surface area (Å²) < 4.78 is 9.63. The van der Waals surface area contributed by atoms with Gasteiger partial charge in [-0.3, -0.25) is 9.59 Å². The first-order valence-corrected chi connectivity index (χ1v) is 6.79. The highest BCUT2D eigenvalue weighted by atomic mass is 32.2. The number of thioether (sulfide) groups is 1. The number of esters is 2. The fraction of sp³-hybridized carbons (Fsp3) is 0.583. The summed E-state index contributed by atoms with van der Waals surface area (Å²) in [4.78, 5) is 32.7. The van der Waals surface area contributed by atoms with Crippen LogP contribution in [0.4, 0.5) is 0 Å². The summed E-state index contributed by atoms with van der Waals surface area (Å²) in [6.07, 6.45) is 0. The van der Waals surface area contributed by atoms with Gasteiger partial charge in [0.1, 0.15) is 13.2 Å². The van der Waals surface area contributed by atoms with Crippen molar-refractivity contribution in [2.75, 3.05) is 24.7 Å². The van der Waals surface area contributed by atoms with E-state index in [0.717, 1.165) is 11.8 Å². The number of carbonyl (C=O) groups is 3. The second kappa shape index (κ2) is 9.43. The van der Waals surface area contributed by atoms with E-state index in [-0.39, 0.29) is 24.5 Å². The van der Waals surface area contributed by atoms with Crippen molar-refractivity contribution in [1.82, 2.24) is 0 Å². The zero-order chi connectivity index (χ0) is 14.8. The van der Waals surface area contributed by atoms with E-state index in [9.17, 15) is 14.4 Å². The smallest absolute Gasteiger partial charge is 0.333 e.